The summed E-state index contributed by atoms with van der Waals surface area (Å²) in [6.45, 7) is 2.37. The predicted octanol–water partition coefficient (Wildman–Crippen LogP) is 2.04. The largest absolute Gasteiger partial charge is 0.378 e. The summed E-state index contributed by atoms with van der Waals surface area (Å²) in [5.74, 6) is -0.401. The van der Waals surface area contributed by atoms with E-state index in [1.165, 1.54) is 10.9 Å². The molecule has 0 radical (unpaired) electrons. The van der Waals surface area contributed by atoms with Crippen molar-refractivity contribution in [3.05, 3.63) is 53.4 Å². The van der Waals surface area contributed by atoms with Gasteiger partial charge in [0.15, 0.2) is 0 Å². The Kier molecular flexibility index (Phi) is 5.59. The molecule has 3 aromatic rings. The number of aromatic nitrogens is 4. The number of H-pyrrole nitrogens is 1. The molecule has 29 heavy (non-hydrogen) atoms. The lowest BCUT2D eigenvalue weighted by Gasteiger charge is -2.26. The Hall–Kier alpha value is -3.17. The Balaban J connectivity index is 1.38. The fourth-order valence-electron chi connectivity index (χ4n) is 3.01. The normalized spacial score (nSPS) is 14.0. The van der Waals surface area contributed by atoms with Gasteiger partial charge in [-0.3, -0.25) is 19.4 Å². The second-order valence-corrected chi connectivity index (χ2v) is 6.93. The maximum absolute atomic E-state index is 12.5. The molecule has 2 aromatic heterocycles. The van der Waals surface area contributed by atoms with Gasteiger partial charge < -0.3 is 15.0 Å². The molecule has 2 N–H and O–H groups in total. The van der Waals surface area contributed by atoms with Gasteiger partial charge in [0.2, 0.25) is 5.91 Å². The van der Waals surface area contributed by atoms with Crippen molar-refractivity contribution < 1.29 is 14.3 Å². The van der Waals surface area contributed by atoms with Crippen molar-refractivity contribution in [3.63, 3.8) is 0 Å². The smallest absolute Gasteiger partial charge is 0.273 e. The van der Waals surface area contributed by atoms with Crippen LogP contribution in [0.25, 0.3) is 11.3 Å². The van der Waals surface area contributed by atoms with Crippen LogP contribution in [0.2, 0.25) is 5.02 Å². The van der Waals surface area contributed by atoms with Gasteiger partial charge in [0, 0.05) is 24.8 Å². The molecule has 3 heterocycles. The van der Waals surface area contributed by atoms with Gasteiger partial charge in [-0.05, 0) is 12.1 Å². The maximum Gasteiger partial charge on any atom is 0.273 e. The second-order valence-electron chi connectivity index (χ2n) is 6.52. The molecule has 0 atom stereocenters. The molecule has 0 bridgehead atoms. The fraction of sp³-hybridized carbons (Fsp3) is 0.263. The van der Waals surface area contributed by atoms with E-state index >= 15 is 0 Å². The summed E-state index contributed by atoms with van der Waals surface area (Å²) >= 11 is 6.17. The highest BCUT2D eigenvalue weighted by molar-refractivity contribution is 6.33. The summed E-state index contributed by atoms with van der Waals surface area (Å²) in [6, 6.07) is 8.90. The van der Waals surface area contributed by atoms with Crippen molar-refractivity contribution in [2.75, 3.05) is 31.6 Å². The average molecular weight is 415 g/mol. The second kappa shape index (κ2) is 8.46. The van der Waals surface area contributed by atoms with Crippen molar-refractivity contribution in [2.45, 2.75) is 6.54 Å². The van der Waals surface area contributed by atoms with Gasteiger partial charge in [-0.15, -0.1) is 0 Å². The molecule has 0 aliphatic carbocycles. The summed E-state index contributed by atoms with van der Waals surface area (Å²) < 4.78 is 6.74. The third kappa shape index (κ3) is 4.47. The van der Waals surface area contributed by atoms with E-state index in [2.05, 4.69) is 20.6 Å². The minimum Gasteiger partial charge on any atom is -0.378 e. The molecule has 1 aliphatic heterocycles. The topological polar surface area (TPSA) is 105 Å². The van der Waals surface area contributed by atoms with Gasteiger partial charge in [-0.2, -0.15) is 10.2 Å². The van der Waals surface area contributed by atoms with Crippen LogP contribution >= 0.6 is 11.6 Å². The van der Waals surface area contributed by atoms with Crippen LogP contribution < -0.4 is 5.32 Å². The van der Waals surface area contributed by atoms with Crippen LogP contribution in [0.15, 0.2) is 42.7 Å². The van der Waals surface area contributed by atoms with Crippen LogP contribution in [0.1, 0.15) is 10.5 Å². The van der Waals surface area contributed by atoms with E-state index in [-0.39, 0.29) is 24.1 Å². The minimum absolute atomic E-state index is 0.0350. The summed E-state index contributed by atoms with van der Waals surface area (Å²) in [6.07, 6.45) is 3.11. The quantitative estimate of drug-likeness (QED) is 0.664. The third-order valence-corrected chi connectivity index (χ3v) is 4.85. The number of rotatable bonds is 5. The van der Waals surface area contributed by atoms with E-state index in [4.69, 9.17) is 16.3 Å². The Labute approximate surface area is 171 Å². The van der Waals surface area contributed by atoms with Crippen molar-refractivity contribution in [1.82, 2.24) is 24.9 Å². The number of morpholine rings is 1. The molecular formula is C19H19ClN6O3. The van der Waals surface area contributed by atoms with E-state index < -0.39 is 0 Å². The van der Waals surface area contributed by atoms with Crippen LogP contribution in [0, 0.1) is 0 Å². The maximum atomic E-state index is 12.5. The van der Waals surface area contributed by atoms with Crippen LogP contribution in [0.4, 0.5) is 5.69 Å². The Morgan fingerprint density at radius 2 is 2.03 bits per heavy atom. The first-order chi connectivity index (χ1) is 14.1. The number of nitrogens with zero attached hydrogens (tertiary/aromatic N) is 4. The number of hydrogen-bond donors (Lipinski definition) is 2. The van der Waals surface area contributed by atoms with E-state index in [0.717, 1.165) is 5.56 Å². The van der Waals surface area contributed by atoms with Crippen LogP contribution in [-0.2, 0) is 16.1 Å². The number of carbonyl (C=O) groups excluding carboxylic acids is 2. The molecule has 1 aromatic carbocycles. The monoisotopic (exact) mass is 414 g/mol. The first-order valence-electron chi connectivity index (χ1n) is 9.10. The summed E-state index contributed by atoms with van der Waals surface area (Å²) in [4.78, 5) is 26.5. The lowest BCUT2D eigenvalue weighted by atomic mass is 10.1. The molecule has 9 nitrogen and oxygen atoms in total. The number of anilines is 1. The standard InChI is InChI=1S/C19H19ClN6O3/c20-15-4-2-1-3-14(15)16-9-17(24-23-16)19(28)22-13-10-21-26(11-13)12-18(27)25-5-7-29-8-6-25/h1-4,9-11H,5-8,12H2,(H,22,28)(H,23,24). The first kappa shape index (κ1) is 19.2. The van der Waals surface area contributed by atoms with Gasteiger partial charge in [-0.25, -0.2) is 0 Å². The number of nitrogens with one attached hydrogen (secondary N) is 2. The van der Waals surface area contributed by atoms with Gasteiger partial charge in [0.25, 0.3) is 5.91 Å². The number of carbonyl (C=O) groups is 2. The third-order valence-electron chi connectivity index (χ3n) is 4.52. The van der Waals surface area contributed by atoms with Crippen molar-refractivity contribution in [1.29, 1.82) is 0 Å². The molecule has 4 rings (SSSR count). The molecule has 1 aliphatic rings. The number of hydrogen-bond acceptors (Lipinski definition) is 5. The predicted molar refractivity (Wildman–Crippen MR) is 107 cm³/mol. The van der Waals surface area contributed by atoms with Crippen molar-refractivity contribution in [3.8, 4) is 11.3 Å². The average Bonchev–Trinajstić information content (AvgIpc) is 3.39. The summed E-state index contributed by atoms with van der Waals surface area (Å²) in [7, 11) is 0. The van der Waals surface area contributed by atoms with E-state index in [0.29, 0.717) is 42.7 Å². The SMILES string of the molecule is O=C(Nc1cnn(CC(=O)N2CCOCC2)c1)c1cc(-c2ccccc2Cl)n[nH]1. The van der Waals surface area contributed by atoms with Gasteiger partial charge in [0.05, 0.1) is 35.8 Å². The zero-order chi connectivity index (χ0) is 20.2. The molecule has 150 valence electrons. The van der Waals surface area contributed by atoms with E-state index in [1.54, 1.807) is 23.2 Å². The Morgan fingerprint density at radius 1 is 1.24 bits per heavy atom. The Morgan fingerprint density at radius 3 is 2.83 bits per heavy atom. The summed E-state index contributed by atoms with van der Waals surface area (Å²) in [5.41, 5.74) is 2.09. The molecule has 0 spiro atoms. The van der Waals surface area contributed by atoms with Gasteiger partial charge in [0.1, 0.15) is 12.2 Å². The molecule has 0 saturated carbocycles. The minimum atomic E-state index is -0.366. The molecule has 0 unspecified atom stereocenters. The fourth-order valence-corrected chi connectivity index (χ4v) is 3.24. The first-order valence-corrected chi connectivity index (χ1v) is 9.47. The van der Waals surface area contributed by atoms with Crippen LogP contribution in [0.3, 0.4) is 0 Å². The van der Waals surface area contributed by atoms with E-state index in [9.17, 15) is 9.59 Å². The zero-order valence-electron chi connectivity index (χ0n) is 15.5. The summed E-state index contributed by atoms with van der Waals surface area (Å²) in [5, 5.41) is 14.3. The van der Waals surface area contributed by atoms with Gasteiger partial charge in [-0.1, -0.05) is 29.8 Å². The zero-order valence-corrected chi connectivity index (χ0v) is 16.2. The number of halogens is 1. The number of amides is 2. The lowest BCUT2D eigenvalue weighted by molar-refractivity contribution is -0.136. The number of aromatic amines is 1. The van der Waals surface area contributed by atoms with Crippen LogP contribution in [0.5, 0.6) is 0 Å². The molecule has 1 fully saturated rings. The van der Waals surface area contributed by atoms with Crippen molar-refractivity contribution in [2.24, 2.45) is 0 Å². The van der Waals surface area contributed by atoms with Gasteiger partial charge >= 0.3 is 0 Å². The molecule has 10 heteroatoms. The highest BCUT2D eigenvalue weighted by Gasteiger charge is 2.18. The number of benzene rings is 1. The highest BCUT2D eigenvalue weighted by Crippen LogP contribution is 2.26. The lowest BCUT2D eigenvalue weighted by Crippen LogP contribution is -2.42. The molecule has 1 saturated heterocycles. The molecular weight excluding hydrogens is 396 g/mol. The van der Waals surface area contributed by atoms with Crippen molar-refractivity contribution >= 4 is 29.1 Å². The van der Waals surface area contributed by atoms with Crippen LogP contribution in [-0.4, -0.2) is 63.0 Å². The van der Waals surface area contributed by atoms with E-state index in [1.807, 2.05) is 18.2 Å². The molecule has 2 amide bonds. The Bertz CT molecular complexity index is 1020. The highest BCUT2D eigenvalue weighted by atomic mass is 35.5. The number of ether oxygens (including phenoxy) is 1.